The van der Waals surface area contributed by atoms with Gasteiger partial charge in [-0.1, -0.05) is 18.2 Å². The Balaban J connectivity index is 2.18. The van der Waals surface area contributed by atoms with Crippen molar-refractivity contribution in [3.63, 3.8) is 0 Å². The van der Waals surface area contributed by atoms with E-state index in [0.29, 0.717) is 19.6 Å². The molecule has 0 spiro atoms. The lowest BCUT2D eigenvalue weighted by atomic mass is 9.93. The molecule has 0 saturated carbocycles. The molecule has 6 nitrogen and oxygen atoms in total. The van der Waals surface area contributed by atoms with Gasteiger partial charge in [0.15, 0.2) is 0 Å². The third-order valence-electron chi connectivity index (χ3n) is 3.33. The number of anilines is 1. The number of nitrogens with zero attached hydrogens (tertiary/aromatic N) is 1. The Bertz CT molecular complexity index is 504. The number of aliphatic carboxylic acids is 1. The highest BCUT2D eigenvalue weighted by Gasteiger charge is 2.31. The zero-order valence-electron chi connectivity index (χ0n) is 11.3. The summed E-state index contributed by atoms with van der Waals surface area (Å²) in [5.74, 6) is -1.45. The van der Waals surface area contributed by atoms with Crippen LogP contribution in [0.4, 0.5) is 10.5 Å². The molecule has 0 radical (unpaired) electrons. The van der Waals surface area contributed by atoms with Crippen LogP contribution in [0.5, 0.6) is 0 Å². The van der Waals surface area contributed by atoms with Crippen molar-refractivity contribution >= 4 is 17.7 Å². The monoisotopic (exact) mass is 278 g/mol. The van der Waals surface area contributed by atoms with E-state index in [0.717, 1.165) is 11.3 Å². The summed E-state index contributed by atoms with van der Waals surface area (Å²) in [5, 5.41) is 11.9. The summed E-state index contributed by atoms with van der Waals surface area (Å²) in [6.07, 6.45) is 0.452. The van der Waals surface area contributed by atoms with Crippen molar-refractivity contribution in [1.29, 1.82) is 0 Å². The molecule has 1 unspecified atom stereocenters. The first-order valence-electron chi connectivity index (χ1n) is 6.48. The predicted octanol–water partition coefficient (Wildman–Crippen LogP) is 1.11. The number of urea groups is 1. The number of amides is 2. The van der Waals surface area contributed by atoms with Crippen LogP contribution in [0.2, 0.25) is 0 Å². The first-order chi connectivity index (χ1) is 9.63. The highest BCUT2D eigenvalue weighted by Crippen LogP contribution is 2.29. The Labute approximate surface area is 117 Å². The number of carboxylic acids is 1. The minimum atomic E-state index is -0.880. The van der Waals surface area contributed by atoms with E-state index in [1.165, 1.54) is 4.90 Å². The van der Waals surface area contributed by atoms with E-state index in [-0.39, 0.29) is 12.6 Å². The number of carbonyl (C=O) groups is 2. The molecule has 2 rings (SSSR count). The first-order valence-corrected chi connectivity index (χ1v) is 6.48. The molecule has 1 atom stereocenters. The van der Waals surface area contributed by atoms with Gasteiger partial charge in [-0.05, 0) is 18.1 Å². The van der Waals surface area contributed by atoms with E-state index in [2.05, 4.69) is 5.32 Å². The van der Waals surface area contributed by atoms with Gasteiger partial charge in [0.05, 0.1) is 12.5 Å². The van der Waals surface area contributed by atoms with Gasteiger partial charge in [-0.3, -0.25) is 9.69 Å². The van der Waals surface area contributed by atoms with Crippen LogP contribution >= 0.6 is 0 Å². The Morgan fingerprint density at radius 3 is 2.90 bits per heavy atom. The summed E-state index contributed by atoms with van der Waals surface area (Å²) in [6.45, 7) is 1.00. The number of hydrogen-bond donors (Lipinski definition) is 2. The lowest BCUT2D eigenvalue weighted by Crippen LogP contribution is -2.48. The van der Waals surface area contributed by atoms with Crippen LogP contribution in [-0.2, 0) is 16.0 Å². The van der Waals surface area contributed by atoms with Crippen molar-refractivity contribution in [2.75, 3.05) is 31.7 Å². The molecule has 1 aromatic carbocycles. The SMILES string of the molecule is COCCNC(=O)N1CC(C(=O)O)Cc2ccccc21. The van der Waals surface area contributed by atoms with Crippen molar-refractivity contribution < 1.29 is 19.4 Å². The number of ether oxygens (including phenoxy) is 1. The molecule has 1 aromatic rings. The quantitative estimate of drug-likeness (QED) is 0.809. The van der Waals surface area contributed by atoms with Crippen LogP contribution in [0.3, 0.4) is 0 Å². The topological polar surface area (TPSA) is 78.9 Å². The predicted molar refractivity (Wildman–Crippen MR) is 73.9 cm³/mol. The fourth-order valence-electron chi connectivity index (χ4n) is 2.31. The maximum Gasteiger partial charge on any atom is 0.321 e. The van der Waals surface area contributed by atoms with Crippen LogP contribution < -0.4 is 10.2 Å². The lowest BCUT2D eigenvalue weighted by Gasteiger charge is -2.32. The van der Waals surface area contributed by atoms with Gasteiger partial charge in [0.25, 0.3) is 0 Å². The van der Waals surface area contributed by atoms with Gasteiger partial charge in [0, 0.05) is 25.9 Å². The molecule has 2 N–H and O–H groups in total. The van der Waals surface area contributed by atoms with Crippen LogP contribution in [-0.4, -0.2) is 43.9 Å². The van der Waals surface area contributed by atoms with Crippen LogP contribution in [0.1, 0.15) is 5.56 Å². The summed E-state index contributed by atoms with van der Waals surface area (Å²) in [7, 11) is 1.56. The molecule has 0 saturated heterocycles. The molecule has 0 fully saturated rings. The standard InChI is InChI=1S/C14H18N2O4/c1-20-7-6-15-14(19)16-9-11(13(17)18)8-10-4-2-3-5-12(10)16/h2-5,11H,6-9H2,1H3,(H,15,19)(H,17,18). The Morgan fingerprint density at radius 1 is 1.45 bits per heavy atom. The van der Waals surface area contributed by atoms with Crippen molar-refractivity contribution in [3.05, 3.63) is 29.8 Å². The normalized spacial score (nSPS) is 17.4. The van der Waals surface area contributed by atoms with Gasteiger partial charge in [-0.25, -0.2) is 4.79 Å². The highest BCUT2D eigenvalue weighted by atomic mass is 16.5. The second kappa shape index (κ2) is 6.38. The van der Waals surface area contributed by atoms with Crippen molar-refractivity contribution in [2.24, 2.45) is 5.92 Å². The minimum Gasteiger partial charge on any atom is -0.481 e. The molecule has 6 heteroatoms. The smallest absolute Gasteiger partial charge is 0.321 e. The Kier molecular flexibility index (Phi) is 4.57. The van der Waals surface area contributed by atoms with E-state index in [4.69, 9.17) is 4.74 Å². The molecular weight excluding hydrogens is 260 g/mol. The van der Waals surface area contributed by atoms with Crippen molar-refractivity contribution in [1.82, 2.24) is 5.32 Å². The summed E-state index contributed by atoms with van der Waals surface area (Å²) < 4.78 is 4.88. The van der Waals surface area contributed by atoms with Gasteiger partial charge >= 0.3 is 12.0 Å². The second-order valence-electron chi connectivity index (χ2n) is 4.70. The van der Waals surface area contributed by atoms with Gasteiger partial charge in [0.1, 0.15) is 0 Å². The molecule has 20 heavy (non-hydrogen) atoms. The zero-order chi connectivity index (χ0) is 14.5. The van der Waals surface area contributed by atoms with Crippen LogP contribution in [0.25, 0.3) is 0 Å². The fourth-order valence-corrected chi connectivity index (χ4v) is 2.31. The van der Waals surface area contributed by atoms with Crippen LogP contribution in [0.15, 0.2) is 24.3 Å². The van der Waals surface area contributed by atoms with E-state index in [1.54, 1.807) is 7.11 Å². The van der Waals surface area contributed by atoms with Gasteiger partial charge in [-0.15, -0.1) is 0 Å². The summed E-state index contributed by atoms with van der Waals surface area (Å²) in [4.78, 5) is 24.9. The van der Waals surface area contributed by atoms with Crippen LogP contribution in [0, 0.1) is 5.92 Å². The molecule has 108 valence electrons. The summed E-state index contributed by atoms with van der Waals surface area (Å²) in [6, 6.07) is 7.10. The van der Waals surface area contributed by atoms with Gasteiger partial charge in [0.2, 0.25) is 0 Å². The van der Waals surface area contributed by atoms with Gasteiger partial charge < -0.3 is 15.2 Å². The van der Waals surface area contributed by atoms with E-state index in [1.807, 2.05) is 24.3 Å². The Morgan fingerprint density at radius 2 is 2.20 bits per heavy atom. The van der Waals surface area contributed by atoms with E-state index >= 15 is 0 Å². The molecule has 1 aliphatic rings. The van der Waals surface area contributed by atoms with E-state index < -0.39 is 11.9 Å². The summed E-state index contributed by atoms with van der Waals surface area (Å²) in [5.41, 5.74) is 1.66. The molecule has 1 aliphatic heterocycles. The Hall–Kier alpha value is -2.08. The highest BCUT2D eigenvalue weighted by molar-refractivity contribution is 5.94. The minimum absolute atomic E-state index is 0.186. The molecule has 0 bridgehead atoms. The molecular formula is C14H18N2O4. The number of para-hydroxylation sites is 1. The number of methoxy groups -OCH3 is 1. The van der Waals surface area contributed by atoms with Crippen molar-refractivity contribution in [3.8, 4) is 0 Å². The number of nitrogens with one attached hydrogen (secondary N) is 1. The molecule has 2 amide bonds. The fraction of sp³-hybridized carbons (Fsp3) is 0.429. The zero-order valence-corrected chi connectivity index (χ0v) is 11.3. The maximum absolute atomic E-state index is 12.2. The van der Waals surface area contributed by atoms with Gasteiger partial charge in [-0.2, -0.15) is 0 Å². The average Bonchev–Trinajstić information content (AvgIpc) is 2.46. The number of rotatable bonds is 4. The largest absolute Gasteiger partial charge is 0.481 e. The third kappa shape index (κ3) is 3.08. The lowest BCUT2D eigenvalue weighted by molar-refractivity contribution is -0.141. The third-order valence-corrected chi connectivity index (χ3v) is 3.33. The number of benzene rings is 1. The van der Waals surface area contributed by atoms with Crippen molar-refractivity contribution in [2.45, 2.75) is 6.42 Å². The van der Waals surface area contributed by atoms with E-state index in [9.17, 15) is 14.7 Å². The molecule has 0 aromatic heterocycles. The number of carbonyl (C=O) groups excluding carboxylic acids is 1. The second-order valence-corrected chi connectivity index (χ2v) is 4.70. The number of hydrogen-bond acceptors (Lipinski definition) is 3. The maximum atomic E-state index is 12.2. The summed E-state index contributed by atoms with van der Waals surface area (Å²) >= 11 is 0. The molecule has 1 heterocycles. The number of fused-ring (bicyclic) bond motifs is 1. The first kappa shape index (κ1) is 14.3. The average molecular weight is 278 g/mol. The number of carboxylic acid groups (broad SMARTS) is 1. The molecule has 0 aliphatic carbocycles.